The van der Waals surface area contributed by atoms with Gasteiger partial charge in [-0.15, -0.1) is 0 Å². The molecule has 1 atom stereocenters. The van der Waals surface area contributed by atoms with Crippen molar-refractivity contribution in [2.75, 3.05) is 45.1 Å². The van der Waals surface area contributed by atoms with E-state index in [1.165, 1.54) is 19.2 Å². The van der Waals surface area contributed by atoms with Crippen LogP contribution in [0.15, 0.2) is 30.3 Å². The molecule has 0 saturated carbocycles. The fraction of sp³-hybridized carbons (Fsp3) is 0.462. The van der Waals surface area contributed by atoms with Crippen molar-refractivity contribution in [2.24, 2.45) is 0 Å². The molecule has 2 aromatic carbocycles. The lowest BCUT2D eigenvalue weighted by Crippen LogP contribution is -2.21. The molecule has 0 amide bonds. The third-order valence-electron chi connectivity index (χ3n) is 6.40. The molecule has 188 valence electrons. The smallest absolute Gasteiger partial charge is 0.296 e. The van der Waals surface area contributed by atoms with Gasteiger partial charge in [0.25, 0.3) is 5.92 Å². The van der Waals surface area contributed by atoms with Crippen LogP contribution in [0.25, 0.3) is 10.9 Å². The van der Waals surface area contributed by atoms with Crippen molar-refractivity contribution in [2.45, 2.75) is 44.6 Å². The highest BCUT2D eigenvalue weighted by Gasteiger charge is 2.32. The van der Waals surface area contributed by atoms with Crippen molar-refractivity contribution in [1.82, 2.24) is 9.97 Å². The number of halogens is 2. The maximum atomic E-state index is 14.5. The summed E-state index contributed by atoms with van der Waals surface area (Å²) in [5.41, 5.74) is 8.53. The molecule has 1 fully saturated rings. The van der Waals surface area contributed by atoms with Gasteiger partial charge in [0.1, 0.15) is 24.0 Å². The molecule has 0 radical (unpaired) electrons. The van der Waals surface area contributed by atoms with E-state index in [1.54, 1.807) is 13.2 Å². The lowest BCUT2D eigenvalue weighted by atomic mass is 9.90. The first-order chi connectivity index (χ1) is 16.7. The summed E-state index contributed by atoms with van der Waals surface area (Å²) >= 11 is 0. The summed E-state index contributed by atoms with van der Waals surface area (Å²) < 4.78 is 45.0. The van der Waals surface area contributed by atoms with Crippen LogP contribution in [0.2, 0.25) is 0 Å². The fourth-order valence-electron chi connectivity index (χ4n) is 4.59. The molecule has 4 rings (SSSR count). The molecule has 0 aliphatic carbocycles. The molecule has 1 aromatic heterocycles. The van der Waals surface area contributed by atoms with E-state index in [9.17, 15) is 8.78 Å². The summed E-state index contributed by atoms with van der Waals surface area (Å²) in [5, 5.41) is 4.25. The summed E-state index contributed by atoms with van der Waals surface area (Å²) in [6.45, 7) is 4.41. The molecule has 0 unspecified atom stereocenters. The largest absolute Gasteiger partial charge is 0.496 e. The second-order valence-corrected chi connectivity index (χ2v) is 9.01. The van der Waals surface area contributed by atoms with Crippen molar-refractivity contribution in [3.63, 3.8) is 0 Å². The van der Waals surface area contributed by atoms with Crippen LogP contribution in [-0.2, 0) is 15.4 Å². The minimum absolute atomic E-state index is 0.182. The lowest BCUT2D eigenvalue weighted by Gasteiger charge is -2.25. The number of nitrogens with two attached hydrogens (primary N) is 1. The SMILES string of the molecule is COCC(F)(F)c1cc(N)cc([C@@H](C)Nc2nc(C)nc3cc(OC)c(C4CCOCC4)cc23)c1. The molecule has 2 heterocycles. The van der Waals surface area contributed by atoms with Gasteiger partial charge in [0.15, 0.2) is 0 Å². The maximum absolute atomic E-state index is 14.5. The van der Waals surface area contributed by atoms with Crippen LogP contribution in [0.1, 0.15) is 54.2 Å². The zero-order valence-electron chi connectivity index (χ0n) is 20.5. The Hall–Kier alpha value is -3.04. The van der Waals surface area contributed by atoms with Gasteiger partial charge in [-0.05, 0) is 68.0 Å². The predicted octanol–water partition coefficient (Wildman–Crippen LogP) is 5.33. The molecule has 3 N–H and O–H groups in total. The van der Waals surface area contributed by atoms with Gasteiger partial charge in [0.2, 0.25) is 0 Å². The number of ether oxygens (including phenoxy) is 3. The third-order valence-corrected chi connectivity index (χ3v) is 6.40. The van der Waals surface area contributed by atoms with E-state index in [-0.39, 0.29) is 17.3 Å². The fourth-order valence-corrected chi connectivity index (χ4v) is 4.59. The van der Waals surface area contributed by atoms with Crippen molar-refractivity contribution < 1.29 is 23.0 Å². The summed E-state index contributed by atoms with van der Waals surface area (Å²) in [6, 6.07) is 8.11. The quantitative estimate of drug-likeness (QED) is 0.416. The number of nitrogen functional groups attached to an aromatic ring is 1. The Morgan fingerprint density at radius 3 is 2.57 bits per heavy atom. The number of nitrogens with one attached hydrogen (secondary N) is 1. The van der Waals surface area contributed by atoms with E-state index in [2.05, 4.69) is 21.4 Å². The number of aromatic nitrogens is 2. The summed E-state index contributed by atoms with van der Waals surface area (Å²) in [5.74, 6) is -0.820. The van der Waals surface area contributed by atoms with E-state index in [0.29, 0.717) is 36.3 Å². The molecule has 0 bridgehead atoms. The molecular formula is C26H32F2N4O3. The van der Waals surface area contributed by atoms with Crippen molar-refractivity contribution >= 4 is 22.4 Å². The Labute approximate surface area is 204 Å². The molecule has 1 saturated heterocycles. The molecule has 3 aromatic rings. The predicted molar refractivity (Wildman–Crippen MR) is 132 cm³/mol. The second-order valence-electron chi connectivity index (χ2n) is 9.01. The minimum Gasteiger partial charge on any atom is -0.496 e. The van der Waals surface area contributed by atoms with E-state index < -0.39 is 12.5 Å². The molecule has 9 heteroatoms. The highest BCUT2D eigenvalue weighted by molar-refractivity contribution is 5.91. The van der Waals surface area contributed by atoms with Gasteiger partial charge >= 0.3 is 0 Å². The number of alkyl halides is 2. The highest BCUT2D eigenvalue weighted by atomic mass is 19.3. The van der Waals surface area contributed by atoms with Gasteiger partial charge in [0.05, 0.1) is 18.7 Å². The van der Waals surface area contributed by atoms with Crippen LogP contribution in [-0.4, -0.2) is 44.0 Å². The second kappa shape index (κ2) is 10.3. The van der Waals surface area contributed by atoms with Crippen LogP contribution in [0.4, 0.5) is 20.3 Å². The number of methoxy groups -OCH3 is 2. The normalized spacial score (nSPS) is 15.8. The Balaban J connectivity index is 1.72. The van der Waals surface area contributed by atoms with Gasteiger partial charge in [0, 0.05) is 43.0 Å². The lowest BCUT2D eigenvalue weighted by molar-refractivity contribution is -0.0698. The molecule has 1 aliphatic rings. The number of hydrogen-bond donors (Lipinski definition) is 2. The van der Waals surface area contributed by atoms with Crippen LogP contribution in [0.5, 0.6) is 5.75 Å². The van der Waals surface area contributed by atoms with Crippen LogP contribution < -0.4 is 15.8 Å². The third kappa shape index (κ3) is 5.46. The highest BCUT2D eigenvalue weighted by Crippen LogP contribution is 2.38. The molecular weight excluding hydrogens is 454 g/mol. The number of aryl methyl sites for hydroxylation is 1. The number of benzene rings is 2. The number of anilines is 2. The first kappa shape index (κ1) is 25.1. The van der Waals surface area contributed by atoms with Gasteiger partial charge in [-0.2, -0.15) is 8.78 Å². The van der Waals surface area contributed by atoms with E-state index in [4.69, 9.17) is 19.9 Å². The topological polar surface area (TPSA) is 91.5 Å². The van der Waals surface area contributed by atoms with Crippen molar-refractivity contribution in [3.05, 3.63) is 52.8 Å². The monoisotopic (exact) mass is 486 g/mol. The average molecular weight is 487 g/mol. The molecule has 0 spiro atoms. The first-order valence-electron chi connectivity index (χ1n) is 11.7. The van der Waals surface area contributed by atoms with E-state index in [0.717, 1.165) is 35.1 Å². The van der Waals surface area contributed by atoms with Gasteiger partial charge in [-0.3, -0.25) is 0 Å². The Bertz CT molecular complexity index is 1200. The molecule has 35 heavy (non-hydrogen) atoms. The zero-order chi connectivity index (χ0) is 25.2. The van der Waals surface area contributed by atoms with Crippen molar-refractivity contribution in [1.29, 1.82) is 0 Å². The van der Waals surface area contributed by atoms with Crippen LogP contribution in [0.3, 0.4) is 0 Å². The molecule has 1 aliphatic heterocycles. The maximum Gasteiger partial charge on any atom is 0.296 e. The summed E-state index contributed by atoms with van der Waals surface area (Å²) in [6.07, 6.45) is 1.82. The van der Waals surface area contributed by atoms with Crippen LogP contribution in [0, 0.1) is 6.92 Å². The van der Waals surface area contributed by atoms with Gasteiger partial charge < -0.3 is 25.3 Å². The number of rotatable bonds is 8. The van der Waals surface area contributed by atoms with E-state index >= 15 is 0 Å². The number of nitrogens with zero attached hydrogens (tertiary/aromatic N) is 2. The minimum atomic E-state index is -3.15. The number of hydrogen-bond acceptors (Lipinski definition) is 7. The summed E-state index contributed by atoms with van der Waals surface area (Å²) in [4.78, 5) is 9.25. The standard InChI is InChI=1S/C26H32F2N4O3/c1-15(18-9-19(11-20(29)10-18)26(27,28)14-33-3)30-25-22-12-21(17-5-7-35-8-6-17)24(34-4)13-23(22)31-16(2)32-25/h9-13,15,17H,5-8,14,29H2,1-4H3,(H,30,31,32)/t15-/m1/s1. The summed E-state index contributed by atoms with van der Waals surface area (Å²) in [7, 11) is 2.91. The zero-order valence-corrected chi connectivity index (χ0v) is 20.5. The Morgan fingerprint density at radius 2 is 1.89 bits per heavy atom. The first-order valence-corrected chi connectivity index (χ1v) is 11.7. The molecule has 7 nitrogen and oxygen atoms in total. The number of fused-ring (bicyclic) bond motifs is 1. The van der Waals surface area contributed by atoms with Gasteiger partial charge in [-0.25, -0.2) is 9.97 Å². The van der Waals surface area contributed by atoms with Gasteiger partial charge in [-0.1, -0.05) is 0 Å². The Morgan fingerprint density at radius 1 is 1.14 bits per heavy atom. The average Bonchev–Trinajstić information content (AvgIpc) is 2.83. The van der Waals surface area contributed by atoms with E-state index in [1.807, 2.05) is 19.9 Å². The van der Waals surface area contributed by atoms with Crippen molar-refractivity contribution in [3.8, 4) is 5.75 Å². The van der Waals surface area contributed by atoms with Crippen LogP contribution >= 0.6 is 0 Å². The Kier molecular flexibility index (Phi) is 7.37.